The molecule has 148 valence electrons. The van der Waals surface area contributed by atoms with Crippen molar-refractivity contribution in [1.82, 2.24) is 14.8 Å². The summed E-state index contributed by atoms with van der Waals surface area (Å²) in [4.78, 5) is 19.6. The van der Waals surface area contributed by atoms with Crippen LogP contribution >= 0.6 is 22.9 Å². The molecule has 0 radical (unpaired) electrons. The van der Waals surface area contributed by atoms with Crippen LogP contribution in [0.25, 0.3) is 10.2 Å². The highest BCUT2D eigenvalue weighted by atomic mass is 35.5. The van der Waals surface area contributed by atoms with Gasteiger partial charge in [0.1, 0.15) is 11.3 Å². The monoisotopic (exact) mass is 426 g/mol. The maximum atomic E-state index is 13.3. The molecule has 0 aliphatic heterocycles. The number of benzene rings is 2. The van der Waals surface area contributed by atoms with Crippen LogP contribution in [-0.2, 0) is 6.54 Å². The van der Waals surface area contributed by atoms with Gasteiger partial charge >= 0.3 is 0 Å². The molecule has 2 heterocycles. The van der Waals surface area contributed by atoms with Gasteiger partial charge in [0, 0.05) is 24.5 Å². The number of fused-ring (bicyclic) bond motifs is 1. The highest BCUT2D eigenvalue weighted by Crippen LogP contribution is 2.33. The molecule has 0 spiro atoms. The summed E-state index contributed by atoms with van der Waals surface area (Å²) in [6, 6.07) is 14.6. The minimum Gasteiger partial charge on any atom is -0.494 e. The smallest absolute Gasteiger partial charge is 0.260 e. The Labute approximate surface area is 177 Å². The van der Waals surface area contributed by atoms with Crippen LogP contribution in [0.1, 0.15) is 17.3 Å². The normalized spacial score (nSPS) is 11.0. The number of hydrogen-bond donors (Lipinski definition) is 0. The Morgan fingerprint density at radius 1 is 1.21 bits per heavy atom. The van der Waals surface area contributed by atoms with Crippen molar-refractivity contribution in [3.63, 3.8) is 0 Å². The Morgan fingerprint density at radius 3 is 2.72 bits per heavy atom. The van der Waals surface area contributed by atoms with Gasteiger partial charge in [-0.3, -0.25) is 14.4 Å². The number of carbonyl (C=O) groups is 1. The minimum atomic E-state index is -0.129. The Hall–Kier alpha value is -2.90. The zero-order chi connectivity index (χ0) is 20.2. The van der Waals surface area contributed by atoms with E-state index in [9.17, 15) is 4.79 Å². The fourth-order valence-electron chi connectivity index (χ4n) is 2.95. The average Bonchev–Trinajstić information content (AvgIpc) is 3.39. The number of amides is 1. The lowest BCUT2D eigenvalue weighted by molar-refractivity contribution is 0.0985. The summed E-state index contributed by atoms with van der Waals surface area (Å²) < 4.78 is 8.21. The second kappa shape index (κ2) is 8.63. The summed E-state index contributed by atoms with van der Waals surface area (Å²) in [6.07, 6.45) is 3.59. The van der Waals surface area contributed by atoms with Crippen LogP contribution in [0, 0.1) is 0 Å². The Bertz CT molecular complexity index is 1110. The maximum Gasteiger partial charge on any atom is 0.260 e. The van der Waals surface area contributed by atoms with Crippen molar-refractivity contribution in [2.45, 2.75) is 13.5 Å². The SMILES string of the molecule is CCOc1ccc(C(=O)N(CCn2cccn2)c2nc3c(Cl)cccc3s2)cc1. The molecule has 0 atom stereocenters. The molecular weight excluding hydrogens is 408 g/mol. The summed E-state index contributed by atoms with van der Waals surface area (Å²) >= 11 is 7.74. The van der Waals surface area contributed by atoms with Crippen molar-refractivity contribution < 1.29 is 9.53 Å². The second-order valence-electron chi connectivity index (χ2n) is 6.27. The van der Waals surface area contributed by atoms with Crippen molar-refractivity contribution in [2.24, 2.45) is 0 Å². The van der Waals surface area contributed by atoms with Crippen LogP contribution in [0.5, 0.6) is 5.75 Å². The summed E-state index contributed by atoms with van der Waals surface area (Å²) in [7, 11) is 0. The van der Waals surface area contributed by atoms with Gasteiger partial charge in [0.05, 0.1) is 22.9 Å². The number of ether oxygens (including phenoxy) is 1. The molecule has 1 amide bonds. The average molecular weight is 427 g/mol. The van der Waals surface area contributed by atoms with Crippen LogP contribution in [0.3, 0.4) is 0 Å². The van der Waals surface area contributed by atoms with E-state index in [1.54, 1.807) is 46.1 Å². The molecule has 29 heavy (non-hydrogen) atoms. The molecule has 2 aromatic heterocycles. The van der Waals surface area contributed by atoms with E-state index in [1.165, 1.54) is 11.3 Å². The largest absolute Gasteiger partial charge is 0.494 e. The predicted octanol–water partition coefficient (Wildman–Crippen LogP) is 4.89. The van der Waals surface area contributed by atoms with Crippen molar-refractivity contribution >= 4 is 44.2 Å². The molecular formula is C21H19ClN4O2S. The molecule has 2 aromatic carbocycles. The van der Waals surface area contributed by atoms with E-state index in [4.69, 9.17) is 16.3 Å². The zero-order valence-corrected chi connectivity index (χ0v) is 17.4. The third kappa shape index (κ3) is 4.26. The fourth-order valence-corrected chi connectivity index (χ4v) is 4.24. The van der Waals surface area contributed by atoms with Crippen molar-refractivity contribution in [1.29, 1.82) is 0 Å². The molecule has 6 nitrogen and oxygen atoms in total. The number of anilines is 1. The van der Waals surface area contributed by atoms with E-state index >= 15 is 0 Å². The Kier molecular flexibility index (Phi) is 5.78. The molecule has 0 aliphatic rings. The van der Waals surface area contributed by atoms with Crippen molar-refractivity contribution in [3.8, 4) is 5.75 Å². The number of aromatic nitrogens is 3. The van der Waals surface area contributed by atoms with Crippen LogP contribution in [0.15, 0.2) is 60.9 Å². The molecule has 0 aliphatic carbocycles. The van der Waals surface area contributed by atoms with Gasteiger partial charge in [0.25, 0.3) is 5.91 Å². The van der Waals surface area contributed by atoms with E-state index < -0.39 is 0 Å². The number of carbonyl (C=O) groups excluding carboxylic acids is 1. The molecule has 4 aromatic rings. The fraction of sp³-hybridized carbons (Fsp3) is 0.190. The summed E-state index contributed by atoms with van der Waals surface area (Å²) in [5.41, 5.74) is 1.28. The molecule has 0 unspecified atom stereocenters. The zero-order valence-electron chi connectivity index (χ0n) is 15.8. The van der Waals surface area contributed by atoms with Gasteiger partial charge in [0.2, 0.25) is 0 Å². The van der Waals surface area contributed by atoms with Gasteiger partial charge in [-0.15, -0.1) is 0 Å². The highest BCUT2D eigenvalue weighted by Gasteiger charge is 2.22. The summed E-state index contributed by atoms with van der Waals surface area (Å²) in [5, 5.41) is 5.41. The van der Waals surface area contributed by atoms with Gasteiger partial charge in [-0.1, -0.05) is 29.0 Å². The maximum absolute atomic E-state index is 13.3. The van der Waals surface area contributed by atoms with Crippen molar-refractivity contribution in [3.05, 3.63) is 71.5 Å². The lowest BCUT2D eigenvalue weighted by atomic mass is 10.2. The molecule has 0 N–H and O–H groups in total. The Balaban J connectivity index is 1.66. The lowest BCUT2D eigenvalue weighted by Crippen LogP contribution is -2.34. The lowest BCUT2D eigenvalue weighted by Gasteiger charge is -2.20. The summed E-state index contributed by atoms with van der Waals surface area (Å²) in [6.45, 7) is 3.49. The third-order valence-electron chi connectivity index (χ3n) is 4.36. The van der Waals surface area contributed by atoms with Crippen LogP contribution in [-0.4, -0.2) is 33.8 Å². The predicted molar refractivity (Wildman–Crippen MR) is 116 cm³/mol. The first kappa shape index (κ1) is 19.4. The third-order valence-corrected chi connectivity index (χ3v) is 5.71. The number of rotatable bonds is 7. The first-order valence-corrected chi connectivity index (χ1v) is 10.4. The standard InChI is InChI=1S/C21H19ClN4O2S/c1-2-28-16-9-7-15(8-10-16)20(27)26(14-13-25-12-4-11-23-25)21-24-19-17(22)5-3-6-18(19)29-21/h3-12H,2,13-14H2,1H3. The molecule has 0 bridgehead atoms. The quantitative estimate of drug-likeness (QED) is 0.422. The van der Waals surface area contributed by atoms with E-state index in [-0.39, 0.29) is 5.91 Å². The summed E-state index contributed by atoms with van der Waals surface area (Å²) in [5.74, 6) is 0.606. The van der Waals surface area contributed by atoms with Crippen LogP contribution in [0.4, 0.5) is 5.13 Å². The van der Waals surface area contributed by atoms with Crippen LogP contribution < -0.4 is 9.64 Å². The van der Waals surface area contributed by atoms with Gasteiger partial charge in [-0.2, -0.15) is 5.10 Å². The minimum absolute atomic E-state index is 0.129. The van der Waals surface area contributed by atoms with Gasteiger partial charge < -0.3 is 4.74 Å². The first-order chi connectivity index (χ1) is 14.2. The molecule has 4 rings (SSSR count). The highest BCUT2D eigenvalue weighted by molar-refractivity contribution is 7.22. The number of thiazole rings is 1. The molecule has 0 saturated heterocycles. The van der Waals surface area contributed by atoms with E-state index in [0.29, 0.717) is 40.9 Å². The number of halogens is 1. The first-order valence-electron chi connectivity index (χ1n) is 9.23. The van der Waals surface area contributed by atoms with Gasteiger partial charge in [-0.05, 0) is 49.4 Å². The van der Waals surface area contributed by atoms with Gasteiger partial charge in [-0.25, -0.2) is 4.98 Å². The number of hydrogen-bond acceptors (Lipinski definition) is 5. The van der Waals surface area contributed by atoms with E-state index in [0.717, 1.165) is 10.4 Å². The second-order valence-corrected chi connectivity index (χ2v) is 7.68. The van der Waals surface area contributed by atoms with Crippen molar-refractivity contribution in [2.75, 3.05) is 18.1 Å². The number of para-hydroxylation sites is 1. The number of nitrogens with zero attached hydrogens (tertiary/aromatic N) is 4. The Morgan fingerprint density at radius 2 is 2.03 bits per heavy atom. The topological polar surface area (TPSA) is 60.2 Å². The molecule has 8 heteroatoms. The molecule has 0 fully saturated rings. The van der Waals surface area contributed by atoms with Crippen LogP contribution in [0.2, 0.25) is 5.02 Å². The molecule has 0 saturated carbocycles. The van der Waals surface area contributed by atoms with Gasteiger partial charge in [0.15, 0.2) is 5.13 Å². The van der Waals surface area contributed by atoms with E-state index in [2.05, 4.69) is 10.1 Å². The van der Waals surface area contributed by atoms with E-state index in [1.807, 2.05) is 31.3 Å².